The lowest BCUT2D eigenvalue weighted by Gasteiger charge is -2.35. The lowest BCUT2D eigenvalue weighted by molar-refractivity contribution is -0.120. The minimum atomic E-state index is 0.0823. The Kier molecular flexibility index (Phi) is 6.67. The Morgan fingerprint density at radius 3 is 2.74 bits per heavy atom. The molecule has 2 aromatic rings. The first kappa shape index (κ1) is 19.6. The van der Waals surface area contributed by atoms with Crippen molar-refractivity contribution in [1.82, 2.24) is 20.0 Å². The van der Waals surface area contributed by atoms with Crippen molar-refractivity contribution in [2.24, 2.45) is 0 Å². The molecule has 1 fully saturated rings. The smallest absolute Gasteiger partial charge is 0.224 e. The van der Waals surface area contributed by atoms with E-state index in [-0.39, 0.29) is 5.91 Å². The zero-order chi connectivity index (χ0) is 19.2. The van der Waals surface area contributed by atoms with Crippen LogP contribution >= 0.6 is 0 Å². The van der Waals surface area contributed by atoms with Crippen molar-refractivity contribution < 1.29 is 4.79 Å². The summed E-state index contributed by atoms with van der Waals surface area (Å²) in [7, 11) is 0. The van der Waals surface area contributed by atoms with Gasteiger partial charge in [-0.15, -0.1) is 0 Å². The Labute approximate surface area is 162 Å². The number of aryl methyl sites for hydroxylation is 1. The maximum atomic E-state index is 12.5. The quantitative estimate of drug-likeness (QED) is 0.815. The summed E-state index contributed by atoms with van der Waals surface area (Å²) in [4.78, 5) is 15.0. The summed E-state index contributed by atoms with van der Waals surface area (Å²) in [5.41, 5.74) is 4.02. The van der Waals surface area contributed by atoms with Crippen molar-refractivity contribution >= 4 is 5.91 Å². The van der Waals surface area contributed by atoms with Gasteiger partial charge in [0.25, 0.3) is 0 Å². The van der Waals surface area contributed by atoms with Crippen LogP contribution in [0, 0.1) is 13.8 Å². The van der Waals surface area contributed by atoms with E-state index in [0.717, 1.165) is 42.3 Å². The third-order valence-electron chi connectivity index (χ3n) is 5.72. The van der Waals surface area contributed by atoms with E-state index in [9.17, 15) is 4.79 Å². The number of para-hydroxylation sites is 1. The van der Waals surface area contributed by atoms with Gasteiger partial charge in [0.15, 0.2) is 0 Å². The van der Waals surface area contributed by atoms with Crippen LogP contribution in [0.15, 0.2) is 30.3 Å². The van der Waals surface area contributed by atoms with E-state index < -0.39 is 0 Å². The number of carbonyl (C=O) groups excluding carboxylic acids is 1. The number of hydrogen-bond acceptors (Lipinski definition) is 3. The zero-order valence-electron chi connectivity index (χ0n) is 16.9. The van der Waals surface area contributed by atoms with Crippen molar-refractivity contribution in [1.29, 1.82) is 0 Å². The summed E-state index contributed by atoms with van der Waals surface area (Å²) in [6.45, 7) is 9.11. The maximum absolute atomic E-state index is 12.5. The number of amides is 1. The molecule has 27 heavy (non-hydrogen) atoms. The molecule has 3 rings (SSSR count). The molecule has 5 heteroatoms. The van der Waals surface area contributed by atoms with Crippen LogP contribution < -0.4 is 5.32 Å². The standard InChI is InChI=1S/C22H32N4O/c1-4-19-10-8-9-14-25(19)15-13-23-22(27)16-21-17(2)24-26(18(21)3)20-11-6-5-7-12-20/h5-7,11-12,19H,4,8-10,13-16H2,1-3H3,(H,23,27). The number of aromatic nitrogens is 2. The fraction of sp³-hybridized carbons (Fsp3) is 0.545. The van der Waals surface area contributed by atoms with Crippen molar-refractivity contribution in [2.45, 2.75) is 58.9 Å². The van der Waals surface area contributed by atoms with Crippen LogP contribution in [-0.4, -0.2) is 46.3 Å². The topological polar surface area (TPSA) is 50.2 Å². The van der Waals surface area contributed by atoms with Gasteiger partial charge in [0.1, 0.15) is 0 Å². The van der Waals surface area contributed by atoms with Crippen LogP contribution in [0.5, 0.6) is 0 Å². The van der Waals surface area contributed by atoms with Gasteiger partial charge in [-0.2, -0.15) is 5.10 Å². The molecule has 1 aliphatic heterocycles. The third kappa shape index (κ3) is 4.78. The Morgan fingerprint density at radius 2 is 2.00 bits per heavy atom. The van der Waals surface area contributed by atoms with Gasteiger partial charge in [0, 0.05) is 30.4 Å². The van der Waals surface area contributed by atoms with Gasteiger partial charge < -0.3 is 5.32 Å². The monoisotopic (exact) mass is 368 g/mol. The number of nitrogens with one attached hydrogen (secondary N) is 1. The number of nitrogens with zero attached hydrogens (tertiary/aromatic N) is 3. The van der Waals surface area contributed by atoms with E-state index in [2.05, 4.69) is 22.2 Å². The molecule has 1 aliphatic rings. The Balaban J connectivity index is 1.56. The molecule has 1 unspecified atom stereocenters. The Hall–Kier alpha value is -2.14. The molecule has 1 aromatic heterocycles. The molecule has 1 amide bonds. The second-order valence-electron chi connectivity index (χ2n) is 7.52. The summed E-state index contributed by atoms with van der Waals surface area (Å²) < 4.78 is 1.93. The van der Waals surface area contributed by atoms with E-state index in [4.69, 9.17) is 0 Å². The molecular weight excluding hydrogens is 336 g/mol. The van der Waals surface area contributed by atoms with Gasteiger partial charge >= 0.3 is 0 Å². The van der Waals surface area contributed by atoms with Gasteiger partial charge in [-0.25, -0.2) is 4.68 Å². The first-order valence-corrected chi connectivity index (χ1v) is 10.2. The summed E-state index contributed by atoms with van der Waals surface area (Å²) in [6, 6.07) is 10.8. The Bertz CT molecular complexity index is 753. The molecule has 0 bridgehead atoms. The van der Waals surface area contributed by atoms with E-state index in [0.29, 0.717) is 12.5 Å². The van der Waals surface area contributed by atoms with Crippen LogP contribution in [0.1, 0.15) is 49.6 Å². The van der Waals surface area contributed by atoms with Gasteiger partial charge in [0.05, 0.1) is 17.8 Å². The Morgan fingerprint density at radius 1 is 1.22 bits per heavy atom. The van der Waals surface area contributed by atoms with Crippen molar-refractivity contribution in [3.8, 4) is 5.69 Å². The maximum Gasteiger partial charge on any atom is 0.224 e. The van der Waals surface area contributed by atoms with Crippen molar-refractivity contribution in [2.75, 3.05) is 19.6 Å². The van der Waals surface area contributed by atoms with Crippen molar-refractivity contribution in [3.63, 3.8) is 0 Å². The van der Waals surface area contributed by atoms with Gasteiger partial charge in [-0.05, 0) is 51.8 Å². The average Bonchev–Trinajstić information content (AvgIpc) is 2.97. The highest BCUT2D eigenvalue weighted by molar-refractivity contribution is 5.79. The molecule has 0 spiro atoms. The van der Waals surface area contributed by atoms with E-state index >= 15 is 0 Å². The number of hydrogen-bond donors (Lipinski definition) is 1. The number of likely N-dealkylation sites (tertiary alicyclic amines) is 1. The molecule has 0 saturated carbocycles. The van der Waals surface area contributed by atoms with Crippen LogP contribution in [0.25, 0.3) is 5.69 Å². The lowest BCUT2D eigenvalue weighted by atomic mass is 10.0. The third-order valence-corrected chi connectivity index (χ3v) is 5.72. The van der Waals surface area contributed by atoms with Crippen LogP contribution in [0.2, 0.25) is 0 Å². The predicted octanol–water partition coefficient (Wildman–Crippen LogP) is 3.41. The molecule has 1 atom stereocenters. The minimum absolute atomic E-state index is 0.0823. The highest BCUT2D eigenvalue weighted by atomic mass is 16.1. The summed E-state index contributed by atoms with van der Waals surface area (Å²) >= 11 is 0. The molecule has 0 aliphatic carbocycles. The number of rotatable bonds is 7. The SMILES string of the molecule is CCC1CCCCN1CCNC(=O)Cc1c(C)nn(-c2ccccc2)c1C. The van der Waals surface area contributed by atoms with Gasteiger partial charge in [0.2, 0.25) is 5.91 Å². The molecule has 5 nitrogen and oxygen atoms in total. The minimum Gasteiger partial charge on any atom is -0.355 e. The molecule has 1 saturated heterocycles. The van der Waals surface area contributed by atoms with E-state index in [1.54, 1.807) is 0 Å². The van der Waals surface area contributed by atoms with E-state index in [1.807, 2.05) is 48.9 Å². The lowest BCUT2D eigenvalue weighted by Crippen LogP contribution is -2.43. The molecule has 2 heterocycles. The van der Waals surface area contributed by atoms with Crippen LogP contribution in [-0.2, 0) is 11.2 Å². The number of piperidine rings is 1. The first-order valence-electron chi connectivity index (χ1n) is 10.2. The second-order valence-corrected chi connectivity index (χ2v) is 7.52. The van der Waals surface area contributed by atoms with Gasteiger partial charge in [-0.3, -0.25) is 9.69 Å². The second kappa shape index (κ2) is 9.18. The molecular formula is C22H32N4O. The summed E-state index contributed by atoms with van der Waals surface area (Å²) in [5, 5.41) is 7.75. The largest absolute Gasteiger partial charge is 0.355 e. The first-order chi connectivity index (χ1) is 13.1. The number of carbonyl (C=O) groups is 1. The molecule has 0 radical (unpaired) electrons. The zero-order valence-corrected chi connectivity index (χ0v) is 16.9. The number of benzene rings is 1. The highest BCUT2D eigenvalue weighted by Gasteiger charge is 2.20. The average molecular weight is 369 g/mol. The molecule has 146 valence electrons. The van der Waals surface area contributed by atoms with Crippen LogP contribution in [0.4, 0.5) is 0 Å². The van der Waals surface area contributed by atoms with E-state index in [1.165, 1.54) is 25.7 Å². The summed E-state index contributed by atoms with van der Waals surface area (Å²) in [6.07, 6.45) is 5.50. The normalized spacial score (nSPS) is 17.8. The highest BCUT2D eigenvalue weighted by Crippen LogP contribution is 2.19. The van der Waals surface area contributed by atoms with Gasteiger partial charge in [-0.1, -0.05) is 31.5 Å². The summed E-state index contributed by atoms with van der Waals surface area (Å²) in [5.74, 6) is 0.0823. The van der Waals surface area contributed by atoms with Crippen LogP contribution in [0.3, 0.4) is 0 Å². The fourth-order valence-corrected chi connectivity index (χ4v) is 4.13. The predicted molar refractivity (Wildman–Crippen MR) is 109 cm³/mol. The molecule has 1 aromatic carbocycles. The van der Waals surface area contributed by atoms with Crippen molar-refractivity contribution in [3.05, 3.63) is 47.3 Å². The fourth-order valence-electron chi connectivity index (χ4n) is 4.13. The molecule has 1 N–H and O–H groups in total.